The number of aryl methyl sites for hydroxylation is 2. The van der Waals surface area contributed by atoms with Gasteiger partial charge in [-0.2, -0.15) is 4.31 Å². The van der Waals surface area contributed by atoms with Crippen molar-refractivity contribution in [2.24, 2.45) is 5.92 Å². The number of aromatic nitrogens is 1. The maximum absolute atomic E-state index is 12.7. The van der Waals surface area contributed by atoms with Crippen molar-refractivity contribution in [3.8, 4) is 0 Å². The average Bonchev–Trinajstić information content (AvgIpc) is 2.68. The van der Waals surface area contributed by atoms with Crippen LogP contribution in [0.5, 0.6) is 0 Å². The van der Waals surface area contributed by atoms with E-state index >= 15 is 0 Å². The van der Waals surface area contributed by atoms with Gasteiger partial charge < -0.3 is 9.63 Å². The van der Waals surface area contributed by atoms with Crippen LogP contribution in [0.25, 0.3) is 0 Å². The summed E-state index contributed by atoms with van der Waals surface area (Å²) in [7, 11) is -3.91. The van der Waals surface area contributed by atoms with Crippen molar-refractivity contribution in [2.75, 3.05) is 6.54 Å². The standard InChI is InChI=1S/C12H18N2O5S/c1-7-5-4-6-14(10(7)12(15)16)20(17,18)11-8(2)13-19-9(11)3/h7,10H,4-6H2,1-3H3,(H,15,16). The second kappa shape index (κ2) is 5.17. The van der Waals surface area contributed by atoms with Crippen molar-refractivity contribution >= 4 is 16.0 Å². The first-order valence-electron chi connectivity index (χ1n) is 6.44. The summed E-state index contributed by atoms with van der Waals surface area (Å²) < 4.78 is 31.4. The number of sulfonamides is 1. The number of rotatable bonds is 3. The Morgan fingerprint density at radius 1 is 1.45 bits per heavy atom. The van der Waals surface area contributed by atoms with Crippen LogP contribution in [0.4, 0.5) is 0 Å². The lowest BCUT2D eigenvalue weighted by Gasteiger charge is -2.36. The summed E-state index contributed by atoms with van der Waals surface area (Å²) in [4.78, 5) is 11.4. The Morgan fingerprint density at radius 2 is 2.10 bits per heavy atom. The Kier molecular flexibility index (Phi) is 3.88. The van der Waals surface area contributed by atoms with E-state index in [4.69, 9.17) is 4.52 Å². The Balaban J connectivity index is 2.50. The molecular formula is C12H18N2O5S. The van der Waals surface area contributed by atoms with Gasteiger partial charge in [-0.1, -0.05) is 12.1 Å². The van der Waals surface area contributed by atoms with Gasteiger partial charge >= 0.3 is 5.97 Å². The molecule has 0 aromatic carbocycles. The summed E-state index contributed by atoms with van der Waals surface area (Å²) in [6, 6.07) is -1.04. The molecule has 1 aromatic heterocycles. The summed E-state index contributed by atoms with van der Waals surface area (Å²) >= 11 is 0. The van der Waals surface area contributed by atoms with E-state index in [1.807, 2.05) is 0 Å². The summed E-state index contributed by atoms with van der Waals surface area (Å²) in [5.41, 5.74) is 0.255. The van der Waals surface area contributed by atoms with E-state index in [9.17, 15) is 18.3 Å². The van der Waals surface area contributed by atoms with Gasteiger partial charge in [0.15, 0.2) is 5.76 Å². The molecule has 0 radical (unpaired) electrons. The zero-order valence-electron chi connectivity index (χ0n) is 11.7. The van der Waals surface area contributed by atoms with E-state index < -0.39 is 22.0 Å². The molecule has 20 heavy (non-hydrogen) atoms. The molecule has 1 saturated heterocycles. The van der Waals surface area contributed by atoms with Gasteiger partial charge in [-0.15, -0.1) is 0 Å². The molecule has 0 amide bonds. The molecule has 112 valence electrons. The van der Waals surface area contributed by atoms with Crippen molar-refractivity contribution in [1.29, 1.82) is 0 Å². The minimum atomic E-state index is -3.91. The van der Waals surface area contributed by atoms with E-state index in [2.05, 4.69) is 5.16 Å². The number of carboxylic acid groups (broad SMARTS) is 1. The van der Waals surface area contributed by atoms with Gasteiger partial charge in [-0.05, 0) is 32.6 Å². The quantitative estimate of drug-likeness (QED) is 0.899. The van der Waals surface area contributed by atoms with Crippen LogP contribution in [0.3, 0.4) is 0 Å². The van der Waals surface area contributed by atoms with E-state index in [1.165, 1.54) is 13.8 Å². The van der Waals surface area contributed by atoms with Crippen molar-refractivity contribution in [3.63, 3.8) is 0 Å². The van der Waals surface area contributed by atoms with E-state index in [1.54, 1.807) is 6.92 Å². The van der Waals surface area contributed by atoms with E-state index in [-0.39, 0.29) is 28.8 Å². The molecule has 1 fully saturated rings. The monoisotopic (exact) mass is 302 g/mol. The number of hydrogen-bond donors (Lipinski definition) is 1. The maximum atomic E-state index is 12.7. The molecule has 8 heteroatoms. The number of nitrogens with zero attached hydrogens (tertiary/aromatic N) is 2. The van der Waals surface area contributed by atoms with Crippen LogP contribution in [0.1, 0.15) is 31.2 Å². The minimum Gasteiger partial charge on any atom is -0.480 e. The molecule has 1 aromatic rings. The predicted octanol–water partition coefficient (Wildman–Crippen LogP) is 1.17. The fraction of sp³-hybridized carbons (Fsp3) is 0.667. The lowest BCUT2D eigenvalue weighted by molar-refractivity contribution is -0.144. The van der Waals surface area contributed by atoms with E-state index in [0.29, 0.717) is 12.8 Å². The van der Waals surface area contributed by atoms with Gasteiger partial charge in [0.1, 0.15) is 16.6 Å². The molecule has 2 rings (SSSR count). The first kappa shape index (κ1) is 15.0. The molecule has 1 N–H and O–H groups in total. The van der Waals surface area contributed by atoms with Gasteiger partial charge in [-0.25, -0.2) is 8.42 Å². The topological polar surface area (TPSA) is 101 Å². The molecular weight excluding hydrogens is 284 g/mol. The lowest BCUT2D eigenvalue weighted by Crippen LogP contribution is -2.51. The number of aliphatic carboxylic acids is 1. The van der Waals surface area contributed by atoms with Crippen LogP contribution in [-0.2, 0) is 14.8 Å². The highest BCUT2D eigenvalue weighted by Crippen LogP contribution is 2.31. The molecule has 0 saturated carbocycles. The molecule has 0 bridgehead atoms. The number of piperidine rings is 1. The second-order valence-corrected chi connectivity index (χ2v) is 7.00. The molecule has 2 atom stereocenters. The second-order valence-electron chi connectivity index (χ2n) is 5.17. The highest BCUT2D eigenvalue weighted by atomic mass is 32.2. The molecule has 2 heterocycles. The number of carboxylic acids is 1. The number of hydrogen-bond acceptors (Lipinski definition) is 5. The first-order valence-corrected chi connectivity index (χ1v) is 7.88. The summed E-state index contributed by atoms with van der Waals surface area (Å²) in [6.45, 7) is 5.00. The molecule has 2 unspecified atom stereocenters. The zero-order chi connectivity index (χ0) is 15.1. The molecule has 0 spiro atoms. The lowest BCUT2D eigenvalue weighted by atomic mass is 9.93. The third kappa shape index (κ3) is 2.33. The van der Waals surface area contributed by atoms with Crippen LogP contribution < -0.4 is 0 Å². The largest absolute Gasteiger partial charge is 0.480 e. The van der Waals surface area contributed by atoms with Crippen LogP contribution in [-0.4, -0.2) is 41.5 Å². The summed E-state index contributed by atoms with van der Waals surface area (Å²) in [5, 5.41) is 13.0. The maximum Gasteiger partial charge on any atom is 0.322 e. The van der Waals surface area contributed by atoms with Crippen LogP contribution in [0.15, 0.2) is 9.42 Å². The SMILES string of the molecule is Cc1noc(C)c1S(=O)(=O)N1CCCC(C)C1C(=O)O. The summed E-state index contributed by atoms with van der Waals surface area (Å²) in [5.74, 6) is -1.16. The molecule has 1 aliphatic rings. The van der Waals surface area contributed by atoms with Crippen LogP contribution >= 0.6 is 0 Å². The third-order valence-electron chi connectivity index (χ3n) is 3.67. The Morgan fingerprint density at radius 3 is 2.60 bits per heavy atom. The van der Waals surface area contributed by atoms with Crippen molar-refractivity contribution in [2.45, 2.75) is 44.6 Å². The highest BCUT2D eigenvalue weighted by molar-refractivity contribution is 7.89. The average molecular weight is 302 g/mol. The van der Waals surface area contributed by atoms with Crippen LogP contribution in [0.2, 0.25) is 0 Å². The molecule has 7 nitrogen and oxygen atoms in total. The summed E-state index contributed by atoms with van der Waals surface area (Å²) in [6.07, 6.45) is 1.35. The third-order valence-corrected chi connectivity index (χ3v) is 5.80. The first-order chi connectivity index (χ1) is 9.26. The normalized spacial score (nSPS) is 24.8. The number of carbonyl (C=O) groups is 1. The van der Waals surface area contributed by atoms with E-state index in [0.717, 1.165) is 4.31 Å². The van der Waals surface area contributed by atoms with Crippen molar-refractivity contribution < 1.29 is 22.8 Å². The van der Waals surface area contributed by atoms with Crippen molar-refractivity contribution in [1.82, 2.24) is 9.46 Å². The van der Waals surface area contributed by atoms with Gasteiger partial charge in [-0.3, -0.25) is 4.79 Å². The Labute approximate surface area is 117 Å². The molecule has 1 aliphatic heterocycles. The van der Waals surface area contributed by atoms with Gasteiger partial charge in [0.2, 0.25) is 10.0 Å². The van der Waals surface area contributed by atoms with Gasteiger partial charge in [0.05, 0.1) is 0 Å². The minimum absolute atomic E-state index is 0.0159. The smallest absolute Gasteiger partial charge is 0.322 e. The fourth-order valence-corrected chi connectivity index (χ4v) is 4.76. The Hall–Kier alpha value is -1.41. The fourth-order valence-electron chi connectivity index (χ4n) is 2.75. The zero-order valence-corrected chi connectivity index (χ0v) is 12.5. The van der Waals surface area contributed by atoms with Crippen molar-refractivity contribution in [3.05, 3.63) is 11.5 Å². The van der Waals surface area contributed by atoms with Crippen LogP contribution in [0, 0.1) is 19.8 Å². The van der Waals surface area contributed by atoms with Gasteiger partial charge in [0.25, 0.3) is 0 Å². The van der Waals surface area contributed by atoms with Gasteiger partial charge in [0, 0.05) is 6.54 Å². The Bertz CT molecular complexity index is 602. The highest BCUT2D eigenvalue weighted by Gasteiger charge is 2.43. The predicted molar refractivity (Wildman–Crippen MR) is 69.7 cm³/mol. The molecule has 0 aliphatic carbocycles.